The van der Waals surface area contributed by atoms with Gasteiger partial charge in [0.15, 0.2) is 5.11 Å². The summed E-state index contributed by atoms with van der Waals surface area (Å²) < 4.78 is 54.4. The molecule has 3 N–H and O–H groups in total. The van der Waals surface area contributed by atoms with Crippen molar-refractivity contribution < 1.29 is 17.6 Å². The number of nitrogens with one attached hydrogen (secondary N) is 1. The highest BCUT2D eigenvalue weighted by atomic mass is 32.1. The highest BCUT2D eigenvalue weighted by Crippen LogP contribution is 2.34. The van der Waals surface area contributed by atoms with Gasteiger partial charge in [-0.25, -0.2) is 4.39 Å². The van der Waals surface area contributed by atoms with Crippen LogP contribution in [-0.2, 0) is 6.18 Å². The summed E-state index contributed by atoms with van der Waals surface area (Å²) in [5.41, 5.74) is 9.72. The molecule has 0 radical (unpaired) electrons. The van der Waals surface area contributed by atoms with Crippen molar-refractivity contribution in [2.45, 2.75) is 19.0 Å². The quantitative estimate of drug-likeness (QED) is 0.284. The van der Waals surface area contributed by atoms with Gasteiger partial charge >= 0.3 is 6.18 Å². The van der Waals surface area contributed by atoms with Crippen LogP contribution in [0, 0.1) is 5.82 Å². The van der Waals surface area contributed by atoms with Crippen molar-refractivity contribution in [3.05, 3.63) is 53.3 Å². The van der Waals surface area contributed by atoms with E-state index >= 15 is 4.39 Å². The molecule has 0 saturated carbocycles. The third-order valence-electron chi connectivity index (χ3n) is 6.08. The molecule has 0 spiro atoms. The normalized spacial score (nSPS) is 17.0. The minimum Gasteiger partial charge on any atom is -0.375 e. The third-order valence-corrected chi connectivity index (χ3v) is 6.17. The minimum atomic E-state index is -4.39. The van der Waals surface area contributed by atoms with Gasteiger partial charge in [0, 0.05) is 56.2 Å². The number of thiocarbonyl (C=S) groups is 1. The summed E-state index contributed by atoms with van der Waals surface area (Å²) in [6.45, 7) is 3.70. The van der Waals surface area contributed by atoms with Crippen molar-refractivity contribution in [3.8, 4) is 0 Å². The van der Waals surface area contributed by atoms with Gasteiger partial charge in [-0.2, -0.15) is 18.3 Å². The topological polar surface area (TPSA) is 60.1 Å². The van der Waals surface area contributed by atoms with Crippen LogP contribution >= 0.6 is 12.2 Å². The lowest BCUT2D eigenvalue weighted by Gasteiger charge is -2.38. The van der Waals surface area contributed by atoms with E-state index < -0.39 is 11.7 Å². The molecule has 2 aromatic carbocycles. The Morgan fingerprint density at radius 3 is 2.24 bits per heavy atom. The second-order valence-corrected chi connectivity index (χ2v) is 8.75. The zero-order valence-electron chi connectivity index (χ0n) is 18.5. The number of nitrogens with two attached hydrogens (primary N) is 1. The van der Waals surface area contributed by atoms with E-state index in [2.05, 4.69) is 15.4 Å². The van der Waals surface area contributed by atoms with Crippen LogP contribution in [0.3, 0.4) is 0 Å². The summed E-state index contributed by atoms with van der Waals surface area (Å²) in [6, 6.07) is 8.61. The Morgan fingerprint density at radius 1 is 0.941 bits per heavy atom. The highest BCUT2D eigenvalue weighted by Gasteiger charge is 2.31. The van der Waals surface area contributed by atoms with Gasteiger partial charge in [0.2, 0.25) is 0 Å². The van der Waals surface area contributed by atoms with E-state index in [1.807, 2.05) is 15.9 Å². The van der Waals surface area contributed by atoms with Crippen molar-refractivity contribution >= 4 is 40.6 Å². The Bertz CT molecular complexity index is 1060. The smallest absolute Gasteiger partial charge is 0.375 e. The largest absolute Gasteiger partial charge is 0.416 e. The third kappa shape index (κ3) is 5.52. The molecule has 2 saturated heterocycles. The summed E-state index contributed by atoms with van der Waals surface area (Å²) in [5, 5.41) is 4.01. The summed E-state index contributed by atoms with van der Waals surface area (Å²) in [6.07, 6.45) is -0.762. The van der Waals surface area contributed by atoms with Gasteiger partial charge in [0.05, 0.1) is 17.5 Å². The average molecular weight is 495 g/mol. The van der Waals surface area contributed by atoms with E-state index in [-0.39, 0.29) is 10.9 Å². The van der Waals surface area contributed by atoms with E-state index in [1.165, 1.54) is 18.3 Å². The fourth-order valence-corrected chi connectivity index (χ4v) is 4.45. The summed E-state index contributed by atoms with van der Waals surface area (Å²) in [5.74, 6) is -0.382. The Hall–Kier alpha value is -3.08. The molecule has 0 aromatic heterocycles. The molecule has 2 aliphatic heterocycles. The second-order valence-electron chi connectivity index (χ2n) is 8.31. The predicted molar refractivity (Wildman–Crippen MR) is 131 cm³/mol. The summed E-state index contributed by atoms with van der Waals surface area (Å²) >= 11 is 4.76. The number of benzene rings is 2. The van der Waals surface area contributed by atoms with E-state index in [4.69, 9.17) is 18.0 Å². The molecule has 0 amide bonds. The molecule has 0 atom stereocenters. The number of anilines is 3. The van der Waals surface area contributed by atoms with Crippen LogP contribution < -0.4 is 25.9 Å². The Morgan fingerprint density at radius 2 is 1.59 bits per heavy atom. The van der Waals surface area contributed by atoms with Crippen LogP contribution in [0.1, 0.15) is 24.0 Å². The van der Waals surface area contributed by atoms with Gasteiger partial charge in [-0.05, 0) is 55.4 Å². The van der Waals surface area contributed by atoms with Crippen molar-refractivity contribution in [3.63, 3.8) is 0 Å². The fourth-order valence-electron chi connectivity index (χ4n) is 4.39. The van der Waals surface area contributed by atoms with Crippen LogP contribution in [0.2, 0.25) is 0 Å². The first-order chi connectivity index (χ1) is 16.2. The molecular weight excluding hydrogens is 468 g/mol. The second kappa shape index (κ2) is 10.0. The molecule has 6 nitrogen and oxygen atoms in total. The zero-order chi connectivity index (χ0) is 24.3. The first-order valence-electron chi connectivity index (χ1n) is 11.1. The molecule has 0 bridgehead atoms. The summed E-state index contributed by atoms with van der Waals surface area (Å²) in [7, 11) is 0. The number of nitrogens with zero attached hydrogens (tertiary/aromatic N) is 4. The van der Waals surface area contributed by atoms with Gasteiger partial charge in [-0.3, -0.25) is 5.43 Å². The number of hydrogen-bond acceptors (Lipinski definition) is 5. The van der Waals surface area contributed by atoms with Gasteiger partial charge in [-0.15, -0.1) is 0 Å². The van der Waals surface area contributed by atoms with Crippen LogP contribution in [0.5, 0.6) is 0 Å². The number of hydrogen-bond donors (Lipinski definition) is 2. The molecule has 2 heterocycles. The SMILES string of the molecule is NC(=S)N/N=C/c1cc(F)c(N2CCN(c3cccc(C(F)(F)F)c3)CC2)cc1N1CCCC1. The molecule has 34 heavy (non-hydrogen) atoms. The number of halogens is 4. The van der Waals surface area contributed by atoms with Crippen molar-refractivity contribution in [2.24, 2.45) is 10.8 Å². The first-order valence-corrected chi connectivity index (χ1v) is 11.5. The van der Waals surface area contributed by atoms with Crippen LogP contribution in [0.25, 0.3) is 0 Å². The molecule has 0 aliphatic carbocycles. The number of alkyl halides is 3. The Labute approximate surface area is 201 Å². The van der Waals surface area contributed by atoms with Gasteiger partial charge in [-0.1, -0.05) is 6.07 Å². The number of rotatable bonds is 5. The van der Waals surface area contributed by atoms with E-state index in [0.717, 1.165) is 43.8 Å². The van der Waals surface area contributed by atoms with Crippen molar-refractivity contribution in [1.29, 1.82) is 0 Å². The zero-order valence-corrected chi connectivity index (χ0v) is 19.3. The molecule has 0 unspecified atom stereocenters. The molecule has 2 aliphatic rings. The maximum atomic E-state index is 15.2. The maximum Gasteiger partial charge on any atom is 0.416 e. The predicted octanol–water partition coefficient (Wildman–Crippen LogP) is 3.94. The fraction of sp³-hybridized carbons (Fsp3) is 0.391. The lowest BCUT2D eigenvalue weighted by Crippen LogP contribution is -2.47. The molecule has 2 aromatic rings. The Kier molecular flexibility index (Phi) is 7.11. The van der Waals surface area contributed by atoms with E-state index in [9.17, 15) is 13.2 Å². The van der Waals surface area contributed by atoms with Crippen LogP contribution in [0.15, 0.2) is 41.5 Å². The minimum absolute atomic E-state index is 0.0229. The first kappa shape index (κ1) is 24.1. The molecular formula is C23H26F4N6S. The number of piperazine rings is 1. The monoisotopic (exact) mass is 494 g/mol. The average Bonchev–Trinajstić information content (AvgIpc) is 3.33. The maximum absolute atomic E-state index is 15.2. The Balaban J connectivity index is 1.53. The molecule has 4 rings (SSSR count). The van der Waals surface area contributed by atoms with Crippen molar-refractivity contribution in [2.75, 3.05) is 54.0 Å². The van der Waals surface area contributed by atoms with Gasteiger partial charge < -0.3 is 20.4 Å². The standard InChI is InChI=1S/C23H26F4N6S/c24-19-12-16(15-29-30-22(28)34)20(32-6-1-2-7-32)14-21(19)33-10-8-31(9-11-33)18-5-3-4-17(13-18)23(25,26)27/h3-5,12-15H,1-2,6-11H2,(H3,28,30,34)/b29-15+. The van der Waals surface area contributed by atoms with Crippen molar-refractivity contribution in [1.82, 2.24) is 5.43 Å². The molecule has 11 heteroatoms. The lowest BCUT2D eigenvalue weighted by atomic mass is 10.1. The van der Waals surface area contributed by atoms with Gasteiger partial charge in [0.1, 0.15) is 5.82 Å². The van der Waals surface area contributed by atoms with Gasteiger partial charge in [0.25, 0.3) is 0 Å². The highest BCUT2D eigenvalue weighted by molar-refractivity contribution is 7.80. The van der Waals surface area contributed by atoms with E-state index in [1.54, 1.807) is 6.07 Å². The molecule has 182 valence electrons. The summed E-state index contributed by atoms with van der Waals surface area (Å²) in [4.78, 5) is 6.03. The van der Waals surface area contributed by atoms with Crippen LogP contribution in [-0.4, -0.2) is 50.6 Å². The lowest BCUT2D eigenvalue weighted by molar-refractivity contribution is -0.137. The van der Waals surface area contributed by atoms with E-state index in [0.29, 0.717) is 43.1 Å². The molecule has 2 fully saturated rings. The number of hydrazone groups is 1. The van der Waals surface area contributed by atoms with Crippen LogP contribution in [0.4, 0.5) is 34.6 Å².